The minimum atomic E-state index is 0.247. The number of hydrogen-bond donors (Lipinski definition) is 1. The first-order valence-electron chi connectivity index (χ1n) is 8.79. The summed E-state index contributed by atoms with van der Waals surface area (Å²) < 4.78 is 5.51. The maximum atomic E-state index is 5.51. The lowest BCUT2D eigenvalue weighted by Gasteiger charge is -2.38. The van der Waals surface area contributed by atoms with Crippen LogP contribution in [0.3, 0.4) is 0 Å². The molecule has 1 N–H and O–H groups in total. The molecule has 0 bridgehead atoms. The molecule has 0 aromatic carbocycles. The molecular weight excluding hydrogens is 246 g/mol. The van der Waals surface area contributed by atoms with Crippen molar-refractivity contribution in [3.63, 3.8) is 0 Å². The van der Waals surface area contributed by atoms with Crippen molar-refractivity contribution in [2.45, 2.75) is 78.7 Å². The Morgan fingerprint density at radius 1 is 1.10 bits per heavy atom. The summed E-state index contributed by atoms with van der Waals surface area (Å²) >= 11 is 0. The van der Waals surface area contributed by atoms with Gasteiger partial charge in [-0.15, -0.1) is 0 Å². The van der Waals surface area contributed by atoms with E-state index in [9.17, 15) is 0 Å². The third-order valence-electron chi connectivity index (χ3n) is 4.79. The zero-order chi connectivity index (χ0) is 15.0. The fraction of sp³-hybridized carbons (Fsp3) is 1.00. The molecule has 0 aromatic rings. The molecule has 0 aliphatic heterocycles. The van der Waals surface area contributed by atoms with E-state index in [4.69, 9.17) is 4.74 Å². The first-order valence-corrected chi connectivity index (χ1v) is 8.79. The van der Waals surface area contributed by atoms with Crippen molar-refractivity contribution in [2.24, 2.45) is 17.8 Å². The third-order valence-corrected chi connectivity index (χ3v) is 4.79. The van der Waals surface area contributed by atoms with E-state index in [0.29, 0.717) is 0 Å². The van der Waals surface area contributed by atoms with E-state index in [1.54, 1.807) is 0 Å². The van der Waals surface area contributed by atoms with Crippen LogP contribution in [0.1, 0.15) is 73.1 Å². The summed E-state index contributed by atoms with van der Waals surface area (Å²) in [5.74, 6) is 2.75. The molecular formula is C18H37NO. The van der Waals surface area contributed by atoms with Crippen LogP contribution in [0, 0.1) is 17.8 Å². The van der Waals surface area contributed by atoms with Gasteiger partial charge in [-0.25, -0.2) is 0 Å². The van der Waals surface area contributed by atoms with Gasteiger partial charge in [0.05, 0.1) is 0 Å². The van der Waals surface area contributed by atoms with Crippen molar-refractivity contribution in [2.75, 3.05) is 19.8 Å². The Morgan fingerprint density at radius 3 is 2.45 bits per heavy atom. The molecule has 0 spiro atoms. The van der Waals surface area contributed by atoms with Gasteiger partial charge >= 0.3 is 0 Å². The minimum absolute atomic E-state index is 0.247. The van der Waals surface area contributed by atoms with Crippen molar-refractivity contribution in [3.05, 3.63) is 0 Å². The highest BCUT2D eigenvalue weighted by Crippen LogP contribution is 2.37. The molecule has 1 aliphatic carbocycles. The van der Waals surface area contributed by atoms with E-state index in [-0.39, 0.29) is 5.54 Å². The topological polar surface area (TPSA) is 21.3 Å². The van der Waals surface area contributed by atoms with Gasteiger partial charge in [-0.3, -0.25) is 0 Å². The first-order chi connectivity index (χ1) is 9.46. The zero-order valence-corrected chi connectivity index (χ0v) is 14.5. The maximum Gasteiger partial charge on any atom is 0.0465 e. The van der Waals surface area contributed by atoms with Crippen molar-refractivity contribution in [3.8, 4) is 0 Å². The summed E-state index contributed by atoms with van der Waals surface area (Å²) in [7, 11) is 0. The van der Waals surface area contributed by atoms with Gasteiger partial charge in [-0.1, -0.05) is 19.8 Å². The largest absolute Gasteiger partial charge is 0.382 e. The SMILES string of the molecule is CCOCCCC1CC(CC)CCC1CNC(C)(C)C. The fourth-order valence-electron chi connectivity index (χ4n) is 3.45. The normalized spacial score (nSPS) is 27.8. The Hall–Kier alpha value is -0.0800. The predicted molar refractivity (Wildman–Crippen MR) is 88.1 cm³/mol. The smallest absolute Gasteiger partial charge is 0.0465 e. The fourth-order valence-corrected chi connectivity index (χ4v) is 3.45. The van der Waals surface area contributed by atoms with Crippen LogP contribution in [0.15, 0.2) is 0 Å². The van der Waals surface area contributed by atoms with E-state index in [2.05, 4.69) is 39.9 Å². The van der Waals surface area contributed by atoms with Crippen LogP contribution in [-0.4, -0.2) is 25.3 Å². The van der Waals surface area contributed by atoms with Crippen LogP contribution in [0.5, 0.6) is 0 Å². The van der Waals surface area contributed by atoms with Gasteiger partial charge < -0.3 is 10.1 Å². The van der Waals surface area contributed by atoms with Crippen molar-refractivity contribution < 1.29 is 4.74 Å². The van der Waals surface area contributed by atoms with Gasteiger partial charge in [0.1, 0.15) is 0 Å². The average molecular weight is 284 g/mol. The molecule has 1 saturated carbocycles. The Bertz CT molecular complexity index is 246. The summed E-state index contributed by atoms with van der Waals surface area (Å²) in [6.45, 7) is 14.3. The molecule has 0 aromatic heterocycles. The van der Waals surface area contributed by atoms with Crippen LogP contribution < -0.4 is 5.32 Å². The van der Waals surface area contributed by atoms with Crippen molar-refractivity contribution in [1.82, 2.24) is 5.32 Å². The quantitative estimate of drug-likeness (QED) is 0.656. The van der Waals surface area contributed by atoms with Gasteiger partial charge in [-0.05, 0) is 77.7 Å². The van der Waals surface area contributed by atoms with Gasteiger partial charge in [0, 0.05) is 18.8 Å². The predicted octanol–water partition coefficient (Wildman–Crippen LogP) is 4.63. The molecule has 120 valence electrons. The molecule has 1 rings (SSSR count). The monoisotopic (exact) mass is 283 g/mol. The van der Waals surface area contributed by atoms with E-state index in [0.717, 1.165) is 31.0 Å². The molecule has 1 aliphatic rings. The highest BCUT2D eigenvalue weighted by atomic mass is 16.5. The Morgan fingerprint density at radius 2 is 1.85 bits per heavy atom. The van der Waals surface area contributed by atoms with Gasteiger partial charge in [0.15, 0.2) is 0 Å². The molecule has 0 heterocycles. The standard InChI is InChI=1S/C18H37NO/c1-6-15-10-11-17(14-19-18(3,4)5)16(13-15)9-8-12-20-7-2/h15-17,19H,6-14H2,1-5H3. The van der Waals surface area contributed by atoms with Crippen LogP contribution in [0.2, 0.25) is 0 Å². The van der Waals surface area contributed by atoms with E-state index in [1.165, 1.54) is 45.1 Å². The van der Waals surface area contributed by atoms with Crippen LogP contribution in [0.4, 0.5) is 0 Å². The van der Waals surface area contributed by atoms with Crippen LogP contribution in [0.25, 0.3) is 0 Å². The minimum Gasteiger partial charge on any atom is -0.382 e. The first kappa shape index (κ1) is 18.0. The van der Waals surface area contributed by atoms with Crippen LogP contribution in [-0.2, 0) is 4.74 Å². The summed E-state index contributed by atoms with van der Waals surface area (Å²) in [4.78, 5) is 0. The Kier molecular flexibility index (Phi) is 8.13. The number of nitrogens with one attached hydrogen (secondary N) is 1. The molecule has 0 saturated heterocycles. The van der Waals surface area contributed by atoms with E-state index in [1.807, 2.05) is 0 Å². The molecule has 1 fully saturated rings. The maximum absolute atomic E-state index is 5.51. The number of ether oxygens (including phenoxy) is 1. The van der Waals surface area contributed by atoms with E-state index < -0.39 is 0 Å². The summed E-state index contributed by atoms with van der Waals surface area (Å²) in [5, 5.41) is 3.72. The lowest BCUT2D eigenvalue weighted by Crippen LogP contribution is -2.42. The summed E-state index contributed by atoms with van der Waals surface area (Å²) in [6, 6.07) is 0. The summed E-state index contributed by atoms with van der Waals surface area (Å²) in [6.07, 6.45) is 8.25. The Balaban J connectivity index is 2.42. The second-order valence-electron chi connectivity index (χ2n) is 7.58. The van der Waals surface area contributed by atoms with Crippen molar-refractivity contribution >= 4 is 0 Å². The van der Waals surface area contributed by atoms with E-state index >= 15 is 0 Å². The highest BCUT2D eigenvalue weighted by molar-refractivity contribution is 4.83. The number of rotatable bonds is 8. The molecule has 20 heavy (non-hydrogen) atoms. The average Bonchev–Trinajstić information content (AvgIpc) is 2.41. The molecule has 0 amide bonds. The molecule has 2 nitrogen and oxygen atoms in total. The van der Waals surface area contributed by atoms with Gasteiger partial charge in [0.25, 0.3) is 0 Å². The zero-order valence-electron chi connectivity index (χ0n) is 14.5. The molecule has 3 unspecified atom stereocenters. The lowest BCUT2D eigenvalue weighted by atomic mass is 9.71. The van der Waals surface area contributed by atoms with Crippen molar-refractivity contribution in [1.29, 1.82) is 0 Å². The van der Waals surface area contributed by atoms with Crippen LogP contribution >= 0.6 is 0 Å². The van der Waals surface area contributed by atoms with Gasteiger partial charge in [0.2, 0.25) is 0 Å². The molecule has 3 atom stereocenters. The highest BCUT2D eigenvalue weighted by Gasteiger charge is 2.29. The lowest BCUT2D eigenvalue weighted by molar-refractivity contribution is 0.115. The third kappa shape index (κ3) is 7.08. The Labute approximate surface area is 127 Å². The summed E-state index contributed by atoms with van der Waals surface area (Å²) in [5.41, 5.74) is 0.247. The second kappa shape index (κ2) is 9.04. The number of hydrogen-bond acceptors (Lipinski definition) is 2. The molecule has 2 heteroatoms. The second-order valence-corrected chi connectivity index (χ2v) is 7.58. The molecule has 0 radical (unpaired) electrons. The van der Waals surface area contributed by atoms with Gasteiger partial charge in [-0.2, -0.15) is 0 Å².